The van der Waals surface area contributed by atoms with E-state index in [1.807, 2.05) is 24.3 Å². The quantitative estimate of drug-likeness (QED) is 0.510. The number of halogens is 2. The summed E-state index contributed by atoms with van der Waals surface area (Å²) in [4.78, 5) is 12.5. The van der Waals surface area contributed by atoms with Gasteiger partial charge >= 0.3 is 0 Å². The Bertz CT molecular complexity index is 944. The molecule has 118 valence electrons. The Hall–Kier alpha value is -1.49. The molecule has 0 aliphatic carbocycles. The molecule has 0 spiro atoms. The second-order valence-corrected chi connectivity index (χ2v) is 9.69. The van der Waals surface area contributed by atoms with E-state index in [0.717, 1.165) is 16.2 Å². The van der Waals surface area contributed by atoms with Crippen LogP contribution in [0.25, 0.3) is 10.9 Å². The van der Waals surface area contributed by atoms with Gasteiger partial charge in [0.2, 0.25) is 5.28 Å². The number of hydrogen-bond acceptors (Lipinski definition) is 5. The molecule has 3 aromatic rings. The summed E-state index contributed by atoms with van der Waals surface area (Å²) in [5, 5.41) is 4.89. The van der Waals surface area contributed by atoms with Gasteiger partial charge in [0.15, 0.2) is 0 Å². The summed E-state index contributed by atoms with van der Waals surface area (Å²) < 4.78 is 13.5. The zero-order chi connectivity index (χ0) is 16.6. The van der Waals surface area contributed by atoms with Crippen LogP contribution in [0.1, 0.15) is 0 Å². The van der Waals surface area contributed by atoms with Crippen molar-refractivity contribution in [1.82, 2.24) is 15.0 Å². The molecule has 8 heteroatoms. The fraction of sp³-hybridized carbons (Fsp3) is 0.133. The van der Waals surface area contributed by atoms with Crippen LogP contribution >= 0.6 is 34.7 Å². The van der Waals surface area contributed by atoms with E-state index in [-0.39, 0.29) is 5.28 Å². The van der Waals surface area contributed by atoms with Crippen molar-refractivity contribution in [2.45, 2.75) is 0 Å². The maximum Gasteiger partial charge on any atom is 0.224 e. The average Bonchev–Trinajstić information content (AvgIpc) is 2.49. The van der Waals surface area contributed by atoms with E-state index in [1.54, 1.807) is 25.7 Å². The fourth-order valence-corrected chi connectivity index (χ4v) is 4.25. The van der Waals surface area contributed by atoms with Gasteiger partial charge in [-0.05, 0) is 46.9 Å². The second-order valence-electron chi connectivity index (χ2n) is 5.35. The number of anilines is 2. The average molecular weight is 412 g/mol. The number of benzene rings is 1. The van der Waals surface area contributed by atoms with Gasteiger partial charge in [0.25, 0.3) is 0 Å². The molecular weight excluding hydrogens is 399 g/mol. The van der Waals surface area contributed by atoms with Gasteiger partial charge in [0.05, 0.1) is 21.9 Å². The van der Waals surface area contributed by atoms with Crippen LogP contribution in [0.3, 0.4) is 0 Å². The molecular formula is C15H13BrClN4OP. The molecule has 23 heavy (non-hydrogen) atoms. The number of hydrogen-bond donors (Lipinski definition) is 1. The van der Waals surface area contributed by atoms with Crippen molar-refractivity contribution in [1.29, 1.82) is 0 Å². The van der Waals surface area contributed by atoms with Crippen LogP contribution in [0, 0.1) is 0 Å². The van der Waals surface area contributed by atoms with Crippen molar-refractivity contribution in [3.05, 3.63) is 46.4 Å². The van der Waals surface area contributed by atoms with Crippen molar-refractivity contribution in [2.24, 2.45) is 0 Å². The summed E-state index contributed by atoms with van der Waals surface area (Å²) in [6, 6.07) is 7.63. The minimum absolute atomic E-state index is 0.127. The van der Waals surface area contributed by atoms with Crippen LogP contribution in [-0.4, -0.2) is 28.3 Å². The molecule has 0 radical (unpaired) electrons. The highest BCUT2D eigenvalue weighted by atomic mass is 79.9. The van der Waals surface area contributed by atoms with Crippen molar-refractivity contribution >= 4 is 62.4 Å². The van der Waals surface area contributed by atoms with Crippen LogP contribution in [0.15, 0.2) is 41.1 Å². The van der Waals surface area contributed by atoms with Gasteiger partial charge < -0.3 is 9.88 Å². The molecule has 1 N–H and O–H groups in total. The number of nitrogens with zero attached hydrogens (tertiary/aromatic N) is 3. The van der Waals surface area contributed by atoms with Gasteiger partial charge in [-0.2, -0.15) is 4.98 Å². The van der Waals surface area contributed by atoms with Gasteiger partial charge in [0, 0.05) is 16.9 Å². The third kappa shape index (κ3) is 3.39. The summed E-state index contributed by atoms with van der Waals surface area (Å²) in [5.74, 6) is 0.497. The Balaban J connectivity index is 2.21. The van der Waals surface area contributed by atoms with Crippen LogP contribution in [0.5, 0.6) is 0 Å². The van der Waals surface area contributed by atoms with Crippen molar-refractivity contribution in [2.75, 3.05) is 18.6 Å². The van der Waals surface area contributed by atoms with Crippen LogP contribution in [0.2, 0.25) is 5.28 Å². The molecule has 0 atom stereocenters. The second kappa shape index (κ2) is 6.19. The molecule has 0 fully saturated rings. The number of nitrogens with one attached hydrogen (secondary N) is 1. The lowest BCUT2D eigenvalue weighted by Gasteiger charge is -2.17. The van der Waals surface area contributed by atoms with E-state index in [0.29, 0.717) is 16.0 Å². The van der Waals surface area contributed by atoms with Gasteiger partial charge in [-0.1, -0.05) is 18.2 Å². The predicted molar refractivity (Wildman–Crippen MR) is 98.9 cm³/mol. The summed E-state index contributed by atoms with van der Waals surface area (Å²) in [6.45, 7) is 3.48. The molecule has 0 unspecified atom stereocenters. The first kappa shape index (κ1) is 16.4. The monoisotopic (exact) mass is 410 g/mol. The van der Waals surface area contributed by atoms with E-state index >= 15 is 0 Å². The Morgan fingerprint density at radius 1 is 1.17 bits per heavy atom. The Morgan fingerprint density at radius 2 is 1.91 bits per heavy atom. The third-order valence-electron chi connectivity index (χ3n) is 3.25. The van der Waals surface area contributed by atoms with Gasteiger partial charge in [-0.25, -0.2) is 4.98 Å². The van der Waals surface area contributed by atoms with E-state index in [4.69, 9.17) is 11.6 Å². The fourth-order valence-electron chi connectivity index (χ4n) is 2.36. The predicted octanol–water partition coefficient (Wildman–Crippen LogP) is 4.43. The lowest BCUT2D eigenvalue weighted by Crippen LogP contribution is -2.13. The molecule has 2 heterocycles. The standard InChI is InChI=1S/C15H13BrClN4OP/c1-23(2,22)13-9-5-3-4-6-11(9)18-8-12(13)20-14-10(16)7-19-15(17)21-14/h3-8H,1-2H3,(H,19,20,21). The van der Waals surface area contributed by atoms with E-state index < -0.39 is 7.14 Å². The SMILES string of the molecule is CP(C)(=O)c1c(Nc2nc(Cl)ncc2Br)cnc2ccccc12. The third-order valence-corrected chi connectivity index (χ3v) is 5.57. The molecule has 0 aliphatic heterocycles. The Labute approximate surface area is 147 Å². The first-order valence-corrected chi connectivity index (χ1v) is 10.5. The molecule has 3 rings (SSSR count). The zero-order valence-electron chi connectivity index (χ0n) is 12.4. The largest absolute Gasteiger partial charge is 0.337 e. The summed E-state index contributed by atoms with van der Waals surface area (Å²) in [6.07, 6.45) is 3.23. The van der Waals surface area contributed by atoms with Crippen LogP contribution in [0.4, 0.5) is 11.5 Å². The molecule has 2 aromatic heterocycles. The molecule has 0 saturated heterocycles. The lowest BCUT2D eigenvalue weighted by molar-refractivity contribution is 0.588. The maximum absolute atomic E-state index is 12.9. The van der Waals surface area contributed by atoms with Gasteiger partial charge in [-0.15, -0.1) is 0 Å². The van der Waals surface area contributed by atoms with Crippen LogP contribution < -0.4 is 10.6 Å². The minimum Gasteiger partial charge on any atom is -0.337 e. The number of fused-ring (bicyclic) bond motifs is 1. The maximum atomic E-state index is 12.9. The molecule has 0 bridgehead atoms. The smallest absolute Gasteiger partial charge is 0.224 e. The van der Waals surface area contributed by atoms with Crippen molar-refractivity contribution in [3.8, 4) is 0 Å². The molecule has 0 aliphatic rings. The topological polar surface area (TPSA) is 67.8 Å². The Morgan fingerprint density at radius 3 is 2.65 bits per heavy atom. The number of aromatic nitrogens is 3. The molecule has 5 nitrogen and oxygen atoms in total. The molecule has 0 saturated carbocycles. The van der Waals surface area contributed by atoms with Crippen molar-refractivity contribution < 1.29 is 4.57 Å². The summed E-state index contributed by atoms with van der Waals surface area (Å²) in [7, 11) is -2.56. The number of rotatable bonds is 3. The highest BCUT2D eigenvalue weighted by molar-refractivity contribution is 9.10. The lowest BCUT2D eigenvalue weighted by atomic mass is 10.2. The highest BCUT2D eigenvalue weighted by Crippen LogP contribution is 2.41. The Kier molecular flexibility index (Phi) is 4.41. The first-order valence-electron chi connectivity index (χ1n) is 6.74. The van der Waals surface area contributed by atoms with Crippen molar-refractivity contribution in [3.63, 3.8) is 0 Å². The van der Waals surface area contributed by atoms with Gasteiger partial charge in [-0.3, -0.25) is 4.98 Å². The van der Waals surface area contributed by atoms with E-state index in [9.17, 15) is 4.57 Å². The zero-order valence-corrected chi connectivity index (χ0v) is 15.7. The first-order chi connectivity index (χ1) is 10.9. The molecule has 0 amide bonds. The summed E-state index contributed by atoms with van der Waals surface area (Å²) >= 11 is 9.23. The summed E-state index contributed by atoms with van der Waals surface area (Å²) in [5.41, 5.74) is 1.45. The number of para-hydroxylation sites is 1. The number of pyridine rings is 1. The van der Waals surface area contributed by atoms with Crippen LogP contribution in [-0.2, 0) is 4.57 Å². The van der Waals surface area contributed by atoms with E-state index in [2.05, 4.69) is 36.2 Å². The van der Waals surface area contributed by atoms with E-state index in [1.165, 1.54) is 0 Å². The minimum atomic E-state index is -2.56. The highest BCUT2D eigenvalue weighted by Gasteiger charge is 2.21. The van der Waals surface area contributed by atoms with Gasteiger partial charge in [0.1, 0.15) is 13.0 Å². The normalized spacial score (nSPS) is 11.7. The molecule has 1 aromatic carbocycles.